The molecule has 6 nitrogen and oxygen atoms in total. The minimum absolute atomic E-state index is 0.0879. The van der Waals surface area contributed by atoms with Crippen molar-refractivity contribution < 1.29 is 13.6 Å². The van der Waals surface area contributed by atoms with Crippen LogP contribution >= 0.6 is 0 Å². The number of hydrogen-bond acceptors (Lipinski definition) is 4. The second-order valence-electron chi connectivity index (χ2n) is 7.72. The lowest BCUT2D eigenvalue weighted by molar-refractivity contribution is 0.162. The van der Waals surface area contributed by atoms with Gasteiger partial charge in [0.25, 0.3) is 0 Å². The molecule has 6 heteroatoms. The molecular weight excluding hydrogens is 366 g/mol. The first-order valence-corrected chi connectivity index (χ1v) is 10.2. The van der Waals surface area contributed by atoms with E-state index in [1.165, 1.54) is 6.42 Å². The molecule has 152 valence electrons. The molecule has 0 aliphatic heterocycles. The lowest BCUT2D eigenvalue weighted by Gasteiger charge is -2.34. The summed E-state index contributed by atoms with van der Waals surface area (Å²) in [5.41, 5.74) is 3.45. The van der Waals surface area contributed by atoms with Gasteiger partial charge < -0.3 is 19.1 Å². The standard InChI is InChI=1S/C23H27N3O3/c1-16-17(2)29-22(24-16)19-7-6-8-20(13-19)25-23(27)26(14-18-11-12-28-15-18)21-9-4-3-5-10-21/h6-8,11-13,15,21H,3-5,9-10,14H2,1-2H3,(H,25,27). The van der Waals surface area contributed by atoms with E-state index in [0.717, 1.165) is 54.0 Å². The number of amides is 2. The predicted octanol–water partition coefficient (Wildman–Crippen LogP) is 5.92. The molecule has 2 amide bonds. The predicted molar refractivity (Wildman–Crippen MR) is 112 cm³/mol. The number of urea groups is 1. The molecule has 3 aromatic rings. The molecule has 1 fully saturated rings. The number of aryl methyl sites for hydroxylation is 2. The second kappa shape index (κ2) is 8.55. The number of nitrogens with zero attached hydrogens (tertiary/aromatic N) is 2. The summed E-state index contributed by atoms with van der Waals surface area (Å²) >= 11 is 0. The van der Waals surface area contributed by atoms with Crippen LogP contribution in [-0.2, 0) is 6.54 Å². The summed E-state index contributed by atoms with van der Waals surface area (Å²) < 4.78 is 10.9. The molecule has 29 heavy (non-hydrogen) atoms. The molecule has 2 aromatic heterocycles. The molecular formula is C23H27N3O3. The van der Waals surface area contributed by atoms with Gasteiger partial charge in [-0.15, -0.1) is 0 Å². The molecule has 1 aromatic carbocycles. The molecule has 2 heterocycles. The Hall–Kier alpha value is -3.02. The molecule has 4 rings (SSSR count). The van der Waals surface area contributed by atoms with Crippen molar-refractivity contribution in [1.29, 1.82) is 0 Å². The normalized spacial score (nSPS) is 14.7. The monoisotopic (exact) mass is 393 g/mol. The lowest BCUT2D eigenvalue weighted by Crippen LogP contribution is -2.43. The van der Waals surface area contributed by atoms with Crippen LogP contribution in [0.1, 0.15) is 49.1 Å². The van der Waals surface area contributed by atoms with Crippen molar-refractivity contribution in [3.63, 3.8) is 0 Å². The number of benzene rings is 1. The number of aromatic nitrogens is 1. The Labute approximate surface area is 170 Å². The van der Waals surface area contributed by atoms with Crippen LogP contribution in [0.3, 0.4) is 0 Å². The van der Waals surface area contributed by atoms with Crippen molar-refractivity contribution in [3.05, 3.63) is 59.9 Å². The highest BCUT2D eigenvalue weighted by molar-refractivity contribution is 5.90. The number of hydrogen-bond donors (Lipinski definition) is 1. The molecule has 1 aliphatic rings. The largest absolute Gasteiger partial charge is 0.472 e. The van der Waals surface area contributed by atoms with Gasteiger partial charge in [0.05, 0.1) is 24.8 Å². The SMILES string of the molecule is Cc1nc(-c2cccc(NC(=O)N(Cc3ccoc3)C3CCCCC3)c2)oc1C. The van der Waals surface area contributed by atoms with Crippen molar-refractivity contribution >= 4 is 11.7 Å². The maximum absolute atomic E-state index is 13.2. The zero-order valence-corrected chi connectivity index (χ0v) is 17.0. The highest BCUT2D eigenvalue weighted by Gasteiger charge is 2.26. The van der Waals surface area contributed by atoms with Gasteiger partial charge in [0.15, 0.2) is 0 Å². The molecule has 0 atom stereocenters. The van der Waals surface area contributed by atoms with Gasteiger partial charge in [0, 0.05) is 22.9 Å². The molecule has 0 spiro atoms. The Balaban J connectivity index is 1.52. The van der Waals surface area contributed by atoms with Gasteiger partial charge in [-0.25, -0.2) is 9.78 Å². The summed E-state index contributed by atoms with van der Waals surface area (Å²) in [5.74, 6) is 1.37. The van der Waals surface area contributed by atoms with Gasteiger partial charge in [-0.2, -0.15) is 0 Å². The Morgan fingerprint density at radius 1 is 1.21 bits per heavy atom. The van der Waals surface area contributed by atoms with E-state index >= 15 is 0 Å². The van der Waals surface area contributed by atoms with Crippen LogP contribution in [0.2, 0.25) is 0 Å². The molecule has 0 unspecified atom stereocenters. The number of carbonyl (C=O) groups is 1. The van der Waals surface area contributed by atoms with E-state index in [4.69, 9.17) is 8.83 Å². The molecule has 1 saturated carbocycles. The summed E-state index contributed by atoms with van der Waals surface area (Å²) in [5, 5.41) is 3.07. The fourth-order valence-corrected chi connectivity index (χ4v) is 3.86. The van der Waals surface area contributed by atoms with Gasteiger partial charge in [-0.1, -0.05) is 25.3 Å². The van der Waals surface area contributed by atoms with Crippen LogP contribution in [0.15, 0.2) is 51.7 Å². The summed E-state index contributed by atoms with van der Waals surface area (Å²) in [4.78, 5) is 19.6. The van der Waals surface area contributed by atoms with Crippen LogP contribution in [-0.4, -0.2) is 22.0 Å². The first kappa shape index (κ1) is 19.3. The number of nitrogens with one attached hydrogen (secondary N) is 1. The average Bonchev–Trinajstić information content (AvgIpc) is 3.37. The zero-order chi connectivity index (χ0) is 20.2. The molecule has 1 aliphatic carbocycles. The maximum Gasteiger partial charge on any atom is 0.322 e. The Bertz CT molecular complexity index is 936. The van der Waals surface area contributed by atoms with Crippen molar-refractivity contribution in [3.8, 4) is 11.5 Å². The fourth-order valence-electron chi connectivity index (χ4n) is 3.86. The smallest absolute Gasteiger partial charge is 0.322 e. The van der Waals surface area contributed by atoms with Gasteiger partial charge in [-0.05, 0) is 51.0 Å². The van der Waals surface area contributed by atoms with Crippen LogP contribution in [0, 0.1) is 13.8 Å². The van der Waals surface area contributed by atoms with E-state index in [-0.39, 0.29) is 12.1 Å². The minimum atomic E-state index is -0.0879. The topological polar surface area (TPSA) is 71.5 Å². The fraction of sp³-hybridized carbons (Fsp3) is 0.391. The van der Waals surface area contributed by atoms with E-state index < -0.39 is 0 Å². The number of carbonyl (C=O) groups excluding carboxylic acids is 1. The van der Waals surface area contributed by atoms with Crippen LogP contribution in [0.4, 0.5) is 10.5 Å². The van der Waals surface area contributed by atoms with Crippen molar-refractivity contribution in [2.24, 2.45) is 0 Å². The molecule has 0 saturated heterocycles. The van der Waals surface area contributed by atoms with Gasteiger partial charge >= 0.3 is 6.03 Å². The highest BCUT2D eigenvalue weighted by atomic mass is 16.4. The Kier molecular flexibility index (Phi) is 5.69. The quantitative estimate of drug-likeness (QED) is 0.584. The van der Waals surface area contributed by atoms with Gasteiger partial charge in [0.2, 0.25) is 5.89 Å². The zero-order valence-electron chi connectivity index (χ0n) is 17.0. The summed E-state index contributed by atoms with van der Waals surface area (Å²) in [6, 6.07) is 9.71. The van der Waals surface area contributed by atoms with Crippen molar-refractivity contribution in [2.45, 2.75) is 58.5 Å². The highest BCUT2D eigenvalue weighted by Crippen LogP contribution is 2.27. The van der Waals surface area contributed by atoms with Gasteiger partial charge in [-0.3, -0.25) is 0 Å². The number of rotatable bonds is 5. The molecule has 1 N–H and O–H groups in total. The second-order valence-corrected chi connectivity index (χ2v) is 7.72. The van der Waals surface area contributed by atoms with E-state index in [0.29, 0.717) is 12.4 Å². The van der Waals surface area contributed by atoms with E-state index in [1.807, 2.05) is 49.1 Å². The van der Waals surface area contributed by atoms with Crippen molar-refractivity contribution in [2.75, 3.05) is 5.32 Å². The maximum atomic E-state index is 13.2. The summed E-state index contributed by atoms with van der Waals surface area (Å²) in [6.45, 7) is 4.37. The third kappa shape index (κ3) is 4.53. The number of furan rings is 1. The minimum Gasteiger partial charge on any atom is -0.472 e. The summed E-state index contributed by atoms with van der Waals surface area (Å²) in [6.07, 6.45) is 9.01. The Morgan fingerprint density at radius 2 is 2.03 bits per heavy atom. The third-order valence-corrected chi connectivity index (χ3v) is 5.60. The van der Waals surface area contributed by atoms with Crippen molar-refractivity contribution in [1.82, 2.24) is 9.88 Å². The van der Waals surface area contributed by atoms with E-state index in [2.05, 4.69) is 10.3 Å². The summed E-state index contributed by atoms with van der Waals surface area (Å²) in [7, 11) is 0. The van der Waals surface area contributed by atoms with Gasteiger partial charge in [0.1, 0.15) is 5.76 Å². The van der Waals surface area contributed by atoms with Crippen LogP contribution in [0.5, 0.6) is 0 Å². The lowest BCUT2D eigenvalue weighted by atomic mass is 9.94. The van der Waals surface area contributed by atoms with E-state index in [9.17, 15) is 4.79 Å². The average molecular weight is 393 g/mol. The molecule has 0 radical (unpaired) electrons. The first-order valence-electron chi connectivity index (χ1n) is 10.2. The number of anilines is 1. The number of oxazole rings is 1. The third-order valence-electron chi connectivity index (χ3n) is 5.60. The van der Waals surface area contributed by atoms with E-state index in [1.54, 1.807) is 12.5 Å². The molecule has 0 bridgehead atoms. The van der Waals surface area contributed by atoms with Crippen LogP contribution < -0.4 is 5.32 Å². The first-order chi connectivity index (χ1) is 14.1. The Morgan fingerprint density at radius 3 is 2.72 bits per heavy atom. The van der Waals surface area contributed by atoms with Crippen LogP contribution in [0.25, 0.3) is 11.5 Å².